The summed E-state index contributed by atoms with van der Waals surface area (Å²) in [7, 11) is 2.03. The van der Waals surface area contributed by atoms with E-state index in [9.17, 15) is 15.0 Å². The number of rotatable bonds is 6. The van der Waals surface area contributed by atoms with Crippen LogP contribution in [0, 0.1) is 17.8 Å². The monoisotopic (exact) mass is 492 g/mol. The van der Waals surface area contributed by atoms with E-state index in [4.69, 9.17) is 4.74 Å². The molecule has 3 atom stereocenters. The number of carbonyl (C=O) groups excluding carboxylic acids is 1. The highest BCUT2D eigenvalue weighted by atomic mass is 16.5. The summed E-state index contributed by atoms with van der Waals surface area (Å²) in [6.07, 6.45) is 8.22. The summed E-state index contributed by atoms with van der Waals surface area (Å²) in [6.45, 7) is 5.54. The van der Waals surface area contributed by atoms with Crippen molar-refractivity contribution in [2.75, 3.05) is 26.7 Å². The Kier molecular flexibility index (Phi) is 8.24. The summed E-state index contributed by atoms with van der Waals surface area (Å²) in [5.74, 6) is 6.04. The molecular weight excluding hydrogens is 456 g/mol. The molecule has 1 saturated carbocycles. The van der Waals surface area contributed by atoms with E-state index in [1.807, 2.05) is 32.3 Å². The maximum Gasteiger partial charge on any atom is 0.259 e. The smallest absolute Gasteiger partial charge is 0.259 e. The van der Waals surface area contributed by atoms with E-state index in [2.05, 4.69) is 33.6 Å². The number of pyridine rings is 2. The second kappa shape index (κ2) is 11.4. The number of aromatic nitrogens is 2. The standard InChI is InChI=1S/C28H36N4O4/c1-20-16-32(21(2)19-33)27(34)24-13-22(8-11-28(35)9-4-5-10-28)15-30-26(24)36-25(20)18-31(3)17-23-7-6-12-29-14-23/h6-7,12-15,20-21,25,33,35H,4-5,9-10,16-19H2,1-3H3/t20-,21+,25-/m0/s1. The molecule has 2 aromatic heterocycles. The van der Waals surface area contributed by atoms with Gasteiger partial charge in [-0.1, -0.05) is 24.8 Å². The van der Waals surface area contributed by atoms with E-state index in [0.29, 0.717) is 43.6 Å². The predicted octanol–water partition coefficient (Wildman–Crippen LogP) is 2.49. The van der Waals surface area contributed by atoms with Gasteiger partial charge < -0.3 is 19.8 Å². The number of amides is 1. The van der Waals surface area contributed by atoms with Crippen LogP contribution in [0.3, 0.4) is 0 Å². The quantitative estimate of drug-likeness (QED) is 0.598. The molecule has 0 spiro atoms. The Bertz CT molecular complexity index is 1110. The number of hydrogen-bond acceptors (Lipinski definition) is 7. The fourth-order valence-electron chi connectivity index (χ4n) is 4.84. The van der Waals surface area contributed by atoms with Gasteiger partial charge in [-0.2, -0.15) is 0 Å². The van der Waals surface area contributed by atoms with Gasteiger partial charge >= 0.3 is 0 Å². The minimum Gasteiger partial charge on any atom is -0.472 e. The van der Waals surface area contributed by atoms with E-state index in [-0.39, 0.29) is 36.5 Å². The Hall–Kier alpha value is -2.99. The lowest BCUT2D eigenvalue weighted by Gasteiger charge is -2.37. The molecule has 1 amide bonds. The van der Waals surface area contributed by atoms with Gasteiger partial charge in [0, 0.05) is 49.7 Å². The first kappa shape index (κ1) is 26.1. The first-order chi connectivity index (χ1) is 17.3. The third kappa shape index (κ3) is 6.22. The molecule has 8 heteroatoms. The second-order valence-electron chi connectivity index (χ2n) is 10.2. The average molecular weight is 493 g/mol. The number of hydrogen-bond donors (Lipinski definition) is 2. The molecular formula is C28H36N4O4. The van der Waals surface area contributed by atoms with Crippen molar-refractivity contribution >= 4 is 5.91 Å². The van der Waals surface area contributed by atoms with Gasteiger partial charge in [0.05, 0.1) is 12.6 Å². The number of nitrogens with zero attached hydrogens (tertiary/aromatic N) is 4. The molecule has 2 aromatic rings. The van der Waals surface area contributed by atoms with Gasteiger partial charge in [0.25, 0.3) is 5.91 Å². The van der Waals surface area contributed by atoms with Crippen LogP contribution >= 0.6 is 0 Å². The zero-order valence-corrected chi connectivity index (χ0v) is 21.4. The fraction of sp³-hybridized carbons (Fsp3) is 0.536. The molecule has 0 aromatic carbocycles. The second-order valence-corrected chi connectivity index (χ2v) is 10.2. The largest absolute Gasteiger partial charge is 0.472 e. The Balaban J connectivity index is 1.61. The Morgan fingerprint density at radius 2 is 2.11 bits per heavy atom. The first-order valence-electron chi connectivity index (χ1n) is 12.7. The normalized spacial score (nSPS) is 22.2. The van der Waals surface area contributed by atoms with Crippen molar-refractivity contribution in [1.29, 1.82) is 0 Å². The van der Waals surface area contributed by atoms with Crippen molar-refractivity contribution in [2.24, 2.45) is 5.92 Å². The van der Waals surface area contributed by atoms with E-state index in [1.165, 1.54) is 0 Å². The van der Waals surface area contributed by atoms with E-state index in [0.717, 1.165) is 18.4 Å². The molecule has 0 saturated heterocycles. The van der Waals surface area contributed by atoms with E-state index < -0.39 is 5.60 Å². The van der Waals surface area contributed by atoms with Gasteiger partial charge in [0.15, 0.2) is 0 Å². The van der Waals surface area contributed by atoms with Gasteiger partial charge in [0.1, 0.15) is 17.3 Å². The Labute approximate surface area is 213 Å². The van der Waals surface area contributed by atoms with Gasteiger partial charge in [-0.25, -0.2) is 4.98 Å². The summed E-state index contributed by atoms with van der Waals surface area (Å²) >= 11 is 0. The molecule has 3 heterocycles. The maximum atomic E-state index is 13.6. The van der Waals surface area contributed by atoms with Crippen molar-refractivity contribution in [3.63, 3.8) is 0 Å². The molecule has 1 aliphatic heterocycles. The first-order valence-corrected chi connectivity index (χ1v) is 12.7. The molecule has 0 unspecified atom stereocenters. The lowest BCUT2D eigenvalue weighted by atomic mass is 9.99. The van der Waals surface area contributed by atoms with Crippen LogP contribution < -0.4 is 4.74 Å². The zero-order chi connectivity index (χ0) is 25.7. The molecule has 4 rings (SSSR count). The molecule has 2 N–H and O–H groups in total. The van der Waals surface area contributed by atoms with Crippen LogP contribution in [0.4, 0.5) is 0 Å². The third-order valence-corrected chi connectivity index (χ3v) is 7.06. The molecule has 2 aliphatic rings. The highest BCUT2D eigenvalue weighted by Gasteiger charge is 2.34. The summed E-state index contributed by atoms with van der Waals surface area (Å²) < 4.78 is 6.37. The lowest BCUT2D eigenvalue weighted by Crippen LogP contribution is -2.49. The van der Waals surface area contributed by atoms with Crippen LogP contribution in [0.2, 0.25) is 0 Å². The minimum absolute atomic E-state index is 0.00494. The number of aliphatic hydroxyl groups excluding tert-OH is 1. The number of aliphatic hydroxyl groups is 2. The van der Waals surface area contributed by atoms with Gasteiger partial charge in [-0.05, 0) is 57.4 Å². The fourth-order valence-corrected chi connectivity index (χ4v) is 4.84. The SMILES string of the molecule is C[C@H](CO)N1C[C@H](C)[C@H](CN(C)Cc2cccnc2)Oc2ncc(C#CC3(O)CCCC3)cc2C1=O. The van der Waals surface area contributed by atoms with Crippen LogP contribution in [0.1, 0.15) is 61.0 Å². The highest BCUT2D eigenvalue weighted by molar-refractivity contribution is 5.97. The van der Waals surface area contributed by atoms with Gasteiger partial charge in [0.2, 0.25) is 5.88 Å². The average Bonchev–Trinajstić information content (AvgIpc) is 3.31. The van der Waals surface area contributed by atoms with Crippen LogP contribution in [-0.4, -0.2) is 80.4 Å². The van der Waals surface area contributed by atoms with Crippen LogP contribution in [0.15, 0.2) is 36.8 Å². The third-order valence-electron chi connectivity index (χ3n) is 7.06. The van der Waals surface area contributed by atoms with Crippen molar-refractivity contribution in [2.45, 2.75) is 63.8 Å². The van der Waals surface area contributed by atoms with Crippen LogP contribution in [-0.2, 0) is 6.54 Å². The van der Waals surface area contributed by atoms with Crippen molar-refractivity contribution in [3.8, 4) is 17.7 Å². The summed E-state index contributed by atoms with van der Waals surface area (Å²) in [6, 6.07) is 5.30. The van der Waals surface area contributed by atoms with E-state index in [1.54, 1.807) is 23.4 Å². The molecule has 1 aliphatic carbocycles. The molecule has 0 radical (unpaired) electrons. The highest BCUT2D eigenvalue weighted by Crippen LogP contribution is 2.30. The van der Waals surface area contributed by atoms with Crippen molar-refractivity contribution in [3.05, 3.63) is 53.5 Å². The molecule has 192 valence electrons. The number of likely N-dealkylation sites (N-methyl/N-ethyl adjacent to an activating group) is 1. The topological polar surface area (TPSA) is 99.0 Å². The summed E-state index contributed by atoms with van der Waals surface area (Å²) in [5, 5.41) is 20.5. The zero-order valence-electron chi connectivity index (χ0n) is 21.4. The van der Waals surface area contributed by atoms with Gasteiger partial charge in [-0.3, -0.25) is 14.7 Å². The lowest BCUT2D eigenvalue weighted by molar-refractivity contribution is 0.0325. The Morgan fingerprint density at radius 1 is 1.33 bits per heavy atom. The van der Waals surface area contributed by atoms with Gasteiger partial charge in [-0.15, -0.1) is 0 Å². The number of carbonyl (C=O) groups is 1. The van der Waals surface area contributed by atoms with Crippen molar-refractivity contribution < 1.29 is 19.7 Å². The predicted molar refractivity (Wildman–Crippen MR) is 136 cm³/mol. The Morgan fingerprint density at radius 3 is 2.81 bits per heavy atom. The summed E-state index contributed by atoms with van der Waals surface area (Å²) in [4.78, 5) is 26.1. The molecule has 8 nitrogen and oxygen atoms in total. The minimum atomic E-state index is -0.971. The molecule has 36 heavy (non-hydrogen) atoms. The van der Waals surface area contributed by atoms with Crippen molar-refractivity contribution in [1.82, 2.24) is 19.8 Å². The van der Waals surface area contributed by atoms with Crippen LogP contribution in [0.5, 0.6) is 5.88 Å². The number of ether oxygens (including phenoxy) is 1. The van der Waals surface area contributed by atoms with Crippen LogP contribution in [0.25, 0.3) is 0 Å². The maximum absolute atomic E-state index is 13.6. The summed E-state index contributed by atoms with van der Waals surface area (Å²) in [5.41, 5.74) is 1.02. The molecule has 1 fully saturated rings. The molecule has 0 bridgehead atoms. The number of fused-ring (bicyclic) bond motifs is 1. The van der Waals surface area contributed by atoms with E-state index >= 15 is 0 Å².